The molecule has 1 N–H and O–H groups in total. The molecule has 186 valence electrons. The summed E-state index contributed by atoms with van der Waals surface area (Å²) in [4.78, 5) is 13.2. The molecule has 35 heavy (non-hydrogen) atoms. The summed E-state index contributed by atoms with van der Waals surface area (Å²) >= 11 is 6.28. The number of benzene rings is 3. The number of hydrogen-bond donors (Lipinski definition) is 1. The number of carbonyl (C=O) groups excluding carboxylic acids is 1. The highest BCUT2D eigenvalue weighted by Crippen LogP contribution is 2.32. The van der Waals surface area contributed by atoms with Crippen LogP contribution < -0.4 is 19.1 Å². The maximum Gasteiger partial charge on any atom is 0.264 e. The molecule has 3 rings (SSSR count). The number of sulfonamides is 1. The van der Waals surface area contributed by atoms with Gasteiger partial charge in [-0.05, 0) is 61.4 Å². The van der Waals surface area contributed by atoms with Crippen LogP contribution in [0.2, 0.25) is 5.02 Å². The molecular weight excluding hydrogens is 488 g/mol. The number of rotatable bonds is 10. The number of aryl methyl sites for hydroxylation is 1. The van der Waals surface area contributed by atoms with Gasteiger partial charge in [-0.25, -0.2) is 8.42 Å². The molecule has 0 aliphatic carbocycles. The van der Waals surface area contributed by atoms with Crippen LogP contribution in [0, 0.1) is 6.92 Å². The highest BCUT2D eigenvalue weighted by Gasteiger charge is 2.28. The van der Waals surface area contributed by atoms with Gasteiger partial charge in [0.2, 0.25) is 5.91 Å². The Morgan fingerprint density at radius 3 is 2.20 bits per heavy atom. The van der Waals surface area contributed by atoms with Gasteiger partial charge in [0.15, 0.2) is 0 Å². The van der Waals surface area contributed by atoms with E-state index in [1.165, 1.54) is 25.3 Å². The quantitative estimate of drug-likeness (QED) is 0.404. The van der Waals surface area contributed by atoms with E-state index in [0.717, 1.165) is 15.4 Å². The Balaban J connectivity index is 1.93. The lowest BCUT2D eigenvalue weighted by molar-refractivity contribution is -0.120. The molecule has 0 aliphatic rings. The fraction of sp³-hybridized carbons (Fsp3) is 0.269. The Morgan fingerprint density at radius 2 is 1.66 bits per heavy atom. The van der Waals surface area contributed by atoms with E-state index in [1.54, 1.807) is 31.4 Å². The number of nitrogens with zero attached hydrogens (tertiary/aromatic N) is 1. The van der Waals surface area contributed by atoms with Crippen LogP contribution in [-0.4, -0.2) is 35.1 Å². The lowest BCUT2D eigenvalue weighted by atomic mass is 10.0. The van der Waals surface area contributed by atoms with E-state index in [-0.39, 0.29) is 21.6 Å². The normalized spacial score (nSPS) is 12.0. The van der Waals surface area contributed by atoms with Crippen LogP contribution in [0.25, 0.3) is 0 Å². The third kappa shape index (κ3) is 6.26. The fourth-order valence-corrected chi connectivity index (χ4v) is 5.26. The monoisotopic (exact) mass is 516 g/mol. The number of ether oxygens (including phenoxy) is 2. The molecule has 0 spiro atoms. The van der Waals surface area contributed by atoms with Gasteiger partial charge in [0, 0.05) is 0 Å². The van der Waals surface area contributed by atoms with Crippen LogP contribution in [0.1, 0.15) is 30.5 Å². The Morgan fingerprint density at radius 1 is 1.00 bits per heavy atom. The van der Waals surface area contributed by atoms with Gasteiger partial charge in [0.05, 0.1) is 35.9 Å². The number of carbonyl (C=O) groups is 1. The van der Waals surface area contributed by atoms with Crippen LogP contribution in [0.5, 0.6) is 11.5 Å². The standard InChI is InChI=1S/C26H29ClN2O5S/c1-5-24(19-8-11-21(33-3)12-9-19)28-26(30)17-29(20-10-15-25(34-4)23(27)16-20)35(31,32)22-13-6-18(2)7-14-22/h6-16,24H,5,17H2,1-4H3,(H,28,30)/t24-/m1/s1. The van der Waals surface area contributed by atoms with Crippen LogP contribution >= 0.6 is 11.6 Å². The number of hydrogen-bond acceptors (Lipinski definition) is 5. The first-order valence-electron chi connectivity index (χ1n) is 11.1. The van der Waals surface area contributed by atoms with E-state index in [2.05, 4.69) is 5.32 Å². The zero-order valence-corrected chi connectivity index (χ0v) is 21.7. The van der Waals surface area contributed by atoms with Crippen molar-refractivity contribution in [2.24, 2.45) is 0 Å². The second kappa shape index (κ2) is 11.5. The number of methoxy groups -OCH3 is 2. The van der Waals surface area contributed by atoms with Crippen LogP contribution in [-0.2, 0) is 14.8 Å². The molecule has 0 fully saturated rings. The van der Waals surface area contributed by atoms with Crippen molar-refractivity contribution >= 4 is 33.2 Å². The van der Waals surface area contributed by atoms with Crippen molar-refractivity contribution in [3.63, 3.8) is 0 Å². The number of amides is 1. The van der Waals surface area contributed by atoms with Gasteiger partial charge in [-0.15, -0.1) is 0 Å². The number of nitrogens with one attached hydrogen (secondary N) is 1. The lowest BCUT2D eigenvalue weighted by Gasteiger charge is -2.26. The van der Waals surface area contributed by atoms with E-state index >= 15 is 0 Å². The molecule has 1 amide bonds. The molecule has 1 atom stereocenters. The molecule has 9 heteroatoms. The smallest absolute Gasteiger partial charge is 0.264 e. The predicted octanol–water partition coefficient (Wildman–Crippen LogP) is 5.13. The number of anilines is 1. The van der Waals surface area contributed by atoms with Crippen molar-refractivity contribution in [3.8, 4) is 11.5 Å². The zero-order chi connectivity index (χ0) is 25.6. The van der Waals surface area contributed by atoms with E-state index in [1.807, 2.05) is 38.1 Å². The molecule has 0 aromatic heterocycles. The van der Waals surface area contributed by atoms with Gasteiger partial charge in [-0.3, -0.25) is 9.10 Å². The van der Waals surface area contributed by atoms with Gasteiger partial charge in [0.25, 0.3) is 10.0 Å². The summed E-state index contributed by atoms with van der Waals surface area (Å²) in [5, 5.41) is 3.18. The first-order chi connectivity index (χ1) is 16.7. The van der Waals surface area contributed by atoms with Crippen molar-refractivity contribution in [3.05, 3.63) is 82.9 Å². The number of halogens is 1. The topological polar surface area (TPSA) is 84.9 Å². The van der Waals surface area contributed by atoms with Crippen LogP contribution in [0.3, 0.4) is 0 Å². The third-order valence-electron chi connectivity index (χ3n) is 5.58. The molecule has 0 unspecified atom stereocenters. The fourth-order valence-electron chi connectivity index (χ4n) is 3.59. The van der Waals surface area contributed by atoms with Crippen molar-refractivity contribution in [1.82, 2.24) is 5.32 Å². The van der Waals surface area contributed by atoms with E-state index in [0.29, 0.717) is 17.9 Å². The van der Waals surface area contributed by atoms with Crippen molar-refractivity contribution in [2.75, 3.05) is 25.1 Å². The molecule has 7 nitrogen and oxygen atoms in total. The SMILES string of the molecule is CC[C@@H](NC(=O)CN(c1ccc(OC)c(Cl)c1)S(=O)(=O)c1ccc(C)cc1)c1ccc(OC)cc1. The highest BCUT2D eigenvalue weighted by molar-refractivity contribution is 7.92. The summed E-state index contributed by atoms with van der Waals surface area (Å²) in [5.74, 6) is 0.662. The van der Waals surface area contributed by atoms with Crippen molar-refractivity contribution < 1.29 is 22.7 Å². The molecular formula is C26H29ClN2O5S. The van der Waals surface area contributed by atoms with Gasteiger partial charge in [-0.1, -0.05) is 48.4 Å². The Kier molecular flexibility index (Phi) is 8.64. The average Bonchev–Trinajstić information content (AvgIpc) is 2.86. The molecule has 0 bridgehead atoms. The minimum atomic E-state index is -4.06. The van der Waals surface area contributed by atoms with Crippen LogP contribution in [0.4, 0.5) is 5.69 Å². The highest BCUT2D eigenvalue weighted by atomic mass is 35.5. The van der Waals surface area contributed by atoms with Crippen molar-refractivity contribution in [1.29, 1.82) is 0 Å². The minimum Gasteiger partial charge on any atom is -0.497 e. The third-order valence-corrected chi connectivity index (χ3v) is 7.66. The second-order valence-corrected chi connectivity index (χ2v) is 10.2. The Labute approximate surface area is 211 Å². The summed E-state index contributed by atoms with van der Waals surface area (Å²) in [6.07, 6.45) is 0.622. The molecule has 0 saturated heterocycles. The maximum absolute atomic E-state index is 13.6. The first kappa shape index (κ1) is 26.4. The largest absolute Gasteiger partial charge is 0.497 e. The van der Waals surface area contributed by atoms with Gasteiger partial charge >= 0.3 is 0 Å². The maximum atomic E-state index is 13.6. The predicted molar refractivity (Wildman–Crippen MR) is 138 cm³/mol. The lowest BCUT2D eigenvalue weighted by Crippen LogP contribution is -2.42. The van der Waals surface area contributed by atoms with Crippen LogP contribution in [0.15, 0.2) is 71.6 Å². The van der Waals surface area contributed by atoms with E-state index in [9.17, 15) is 13.2 Å². The summed E-state index contributed by atoms with van der Waals surface area (Å²) < 4.78 is 38.6. The van der Waals surface area contributed by atoms with Crippen molar-refractivity contribution in [2.45, 2.75) is 31.2 Å². The van der Waals surface area contributed by atoms with Gasteiger partial charge < -0.3 is 14.8 Å². The van der Waals surface area contributed by atoms with E-state index in [4.69, 9.17) is 21.1 Å². The summed E-state index contributed by atoms with van der Waals surface area (Å²) in [7, 11) is -1.00. The molecule has 0 heterocycles. The molecule has 0 saturated carbocycles. The zero-order valence-electron chi connectivity index (χ0n) is 20.1. The second-order valence-electron chi connectivity index (χ2n) is 7.95. The molecule has 0 aliphatic heterocycles. The Hall–Kier alpha value is -3.23. The summed E-state index contributed by atoms with van der Waals surface area (Å²) in [6.45, 7) is 3.39. The summed E-state index contributed by atoms with van der Waals surface area (Å²) in [6, 6.07) is 18.1. The first-order valence-corrected chi connectivity index (χ1v) is 12.9. The van der Waals surface area contributed by atoms with Gasteiger partial charge in [-0.2, -0.15) is 0 Å². The summed E-state index contributed by atoms with van der Waals surface area (Å²) in [5.41, 5.74) is 2.07. The average molecular weight is 517 g/mol. The molecule has 3 aromatic rings. The molecule has 0 radical (unpaired) electrons. The minimum absolute atomic E-state index is 0.0741. The molecule has 3 aromatic carbocycles. The van der Waals surface area contributed by atoms with Gasteiger partial charge in [0.1, 0.15) is 18.0 Å². The Bertz CT molecular complexity index is 1260. The van der Waals surface area contributed by atoms with E-state index < -0.39 is 22.5 Å².